The Bertz CT molecular complexity index is 1800. The lowest BCUT2D eigenvalue weighted by atomic mass is 9.93. The van der Waals surface area contributed by atoms with Crippen LogP contribution in [0.1, 0.15) is 54.1 Å². The molecule has 1 aromatic carbocycles. The van der Waals surface area contributed by atoms with Gasteiger partial charge in [0, 0.05) is 43.2 Å². The van der Waals surface area contributed by atoms with Gasteiger partial charge in [-0.2, -0.15) is 13.2 Å². The van der Waals surface area contributed by atoms with Crippen molar-refractivity contribution in [3.63, 3.8) is 0 Å². The summed E-state index contributed by atoms with van der Waals surface area (Å²) in [5, 5.41) is 2.04. The van der Waals surface area contributed by atoms with Crippen LogP contribution in [-0.4, -0.2) is 74.6 Å². The van der Waals surface area contributed by atoms with Crippen molar-refractivity contribution in [1.29, 1.82) is 0 Å². The summed E-state index contributed by atoms with van der Waals surface area (Å²) in [7, 11) is 0. The van der Waals surface area contributed by atoms with Crippen molar-refractivity contribution in [2.75, 3.05) is 26.1 Å². The molecule has 2 aromatic heterocycles. The largest absolute Gasteiger partial charge is 0.406 e. The van der Waals surface area contributed by atoms with Crippen LogP contribution in [0.4, 0.5) is 26.7 Å². The Morgan fingerprint density at radius 1 is 1.15 bits per heavy atom. The van der Waals surface area contributed by atoms with Crippen molar-refractivity contribution < 1.29 is 42.5 Å². The zero-order chi connectivity index (χ0) is 35.8. The number of urea groups is 1. The van der Waals surface area contributed by atoms with Crippen LogP contribution >= 0.6 is 0 Å². The molecule has 2 fully saturated rings. The van der Waals surface area contributed by atoms with E-state index in [2.05, 4.69) is 9.97 Å². The van der Waals surface area contributed by atoms with Crippen LogP contribution < -0.4 is 11.0 Å². The Balaban J connectivity index is 1.48. The number of rotatable bonds is 4. The molecule has 0 unspecified atom stereocenters. The highest BCUT2D eigenvalue weighted by Gasteiger charge is 2.40. The number of imidazole rings is 1. The van der Waals surface area contributed by atoms with Gasteiger partial charge >= 0.3 is 17.9 Å². The number of carbonyl (C=O) groups is 2. The number of piperidine rings is 1. The second kappa shape index (κ2) is 10.9. The van der Waals surface area contributed by atoms with Gasteiger partial charge in [-0.25, -0.2) is 23.4 Å². The average molecular weight is 575 g/mol. The number of hydrogen-bond donors (Lipinski definition) is 2. The molecule has 0 spiro atoms. The van der Waals surface area contributed by atoms with E-state index in [1.54, 1.807) is 0 Å². The molecule has 14 heteroatoms. The number of hydrogen-bond acceptors (Lipinski definition) is 4. The lowest BCUT2D eigenvalue weighted by molar-refractivity contribution is -0.162. The SMILES string of the molecule is [2H]C1([2H])CN(C(=O)N[C@@H]2CC[C@@H](c3cccc(F)c3F)C([2H])([2H])N(C([2H])([2H])C(F)(F)F)C2=O)CC([2H])([2H])C1n1c(=O)[nH]c2ncccc21. The second-order valence-electron chi connectivity index (χ2n) is 9.03. The van der Waals surface area contributed by atoms with Crippen molar-refractivity contribution in [1.82, 2.24) is 29.7 Å². The molecule has 5 rings (SSSR count). The number of aromatic amines is 1. The highest BCUT2D eigenvalue weighted by Crippen LogP contribution is 2.32. The van der Waals surface area contributed by atoms with Crippen LogP contribution in [0.2, 0.25) is 0 Å². The highest BCUT2D eigenvalue weighted by atomic mass is 19.4. The number of alkyl halides is 3. The normalized spacial score (nSPS) is 28.2. The van der Waals surface area contributed by atoms with Gasteiger partial charge < -0.3 is 15.1 Å². The number of nitrogens with one attached hydrogen (secondary N) is 2. The van der Waals surface area contributed by atoms with Crippen molar-refractivity contribution in [3.8, 4) is 0 Å². The Labute approximate surface area is 236 Å². The lowest BCUT2D eigenvalue weighted by Gasteiger charge is -2.34. The minimum Gasteiger partial charge on any atom is -0.331 e. The van der Waals surface area contributed by atoms with E-state index in [0.717, 1.165) is 16.7 Å². The first-order chi connectivity index (χ1) is 22.0. The molecule has 9 nitrogen and oxygen atoms in total. The van der Waals surface area contributed by atoms with E-state index in [9.17, 15) is 36.3 Å². The minimum atomic E-state index is -5.90. The molecule has 214 valence electrons. The summed E-state index contributed by atoms with van der Waals surface area (Å²) >= 11 is 0. The lowest BCUT2D eigenvalue weighted by Crippen LogP contribution is -2.54. The Kier molecular flexibility index (Phi) is 5.22. The van der Waals surface area contributed by atoms with E-state index in [1.807, 2.05) is 5.32 Å². The maximum Gasteiger partial charge on any atom is 0.406 e. The maximum absolute atomic E-state index is 14.8. The molecule has 3 aromatic rings. The number of amides is 3. The van der Waals surface area contributed by atoms with Crippen molar-refractivity contribution in [3.05, 3.63) is 64.2 Å². The van der Waals surface area contributed by atoms with Crippen LogP contribution in [0.3, 0.4) is 0 Å². The molecule has 40 heavy (non-hydrogen) atoms. The van der Waals surface area contributed by atoms with E-state index in [1.165, 1.54) is 18.3 Å². The van der Waals surface area contributed by atoms with Crippen molar-refractivity contribution in [2.24, 2.45) is 0 Å². The van der Waals surface area contributed by atoms with Crippen LogP contribution in [0.5, 0.6) is 0 Å². The Morgan fingerprint density at radius 2 is 1.90 bits per heavy atom. The molecule has 0 radical (unpaired) electrons. The number of carbonyl (C=O) groups excluding carboxylic acids is 2. The van der Waals surface area contributed by atoms with Gasteiger partial charge in [0.15, 0.2) is 17.3 Å². The molecule has 2 N–H and O–H groups in total. The average Bonchev–Trinajstić information content (AvgIpc) is 3.22. The maximum atomic E-state index is 14.8. The third-order valence-corrected chi connectivity index (χ3v) is 6.43. The van der Waals surface area contributed by atoms with Crippen LogP contribution in [-0.2, 0) is 4.79 Å². The van der Waals surface area contributed by atoms with Gasteiger partial charge in [-0.05, 0) is 49.4 Å². The first kappa shape index (κ1) is 19.2. The molecular formula is C26H27F5N6O3. The first-order valence-electron chi connectivity index (χ1n) is 16.0. The summed E-state index contributed by atoms with van der Waals surface area (Å²) in [5.41, 5.74) is -1.56. The topological polar surface area (TPSA) is 103 Å². The zero-order valence-electron chi connectivity index (χ0n) is 28.4. The van der Waals surface area contributed by atoms with E-state index in [0.29, 0.717) is 11.0 Å². The van der Waals surface area contributed by atoms with Crippen LogP contribution in [0.15, 0.2) is 41.3 Å². The minimum absolute atomic E-state index is 0.0423. The monoisotopic (exact) mass is 574 g/mol. The second-order valence-corrected chi connectivity index (χ2v) is 9.03. The number of nitrogens with zero attached hydrogens (tertiary/aromatic N) is 4. The number of H-pyrrole nitrogens is 1. The van der Waals surface area contributed by atoms with Crippen molar-refractivity contribution >= 4 is 23.1 Å². The summed E-state index contributed by atoms with van der Waals surface area (Å²) in [6, 6.07) is 0.0139. The summed E-state index contributed by atoms with van der Waals surface area (Å²) < 4.78 is 139. The quantitative estimate of drug-likeness (QED) is 0.464. The fraction of sp³-hybridized carbons (Fsp3) is 0.462. The summed E-state index contributed by atoms with van der Waals surface area (Å²) in [6.45, 7) is -10.2. The molecule has 2 atom stereocenters. The molecule has 0 bridgehead atoms. The van der Waals surface area contributed by atoms with E-state index >= 15 is 0 Å². The molecule has 2 aliphatic rings. The predicted octanol–water partition coefficient (Wildman–Crippen LogP) is 3.69. The number of halogens is 5. The molecule has 0 saturated carbocycles. The molecule has 3 amide bonds. The van der Waals surface area contributed by atoms with Gasteiger partial charge in [0.05, 0.1) is 11.0 Å². The van der Waals surface area contributed by atoms with E-state index < -0.39 is 116 Å². The summed E-state index contributed by atoms with van der Waals surface area (Å²) in [4.78, 5) is 45.9. The van der Waals surface area contributed by atoms with Gasteiger partial charge in [-0.3, -0.25) is 14.3 Å². The molecule has 2 saturated heterocycles. The molecule has 0 aliphatic carbocycles. The number of aromatic nitrogens is 3. The van der Waals surface area contributed by atoms with Gasteiger partial charge in [0.25, 0.3) is 0 Å². The Hall–Kier alpha value is -3.97. The summed E-state index contributed by atoms with van der Waals surface area (Å²) in [5.74, 6) is -7.08. The number of fused-ring (bicyclic) bond motifs is 1. The molecule has 2 aliphatic heterocycles. The fourth-order valence-electron chi connectivity index (χ4n) is 4.56. The molecule has 4 heterocycles. The fourth-order valence-corrected chi connectivity index (χ4v) is 4.56. The van der Waals surface area contributed by atoms with Gasteiger partial charge in [0.1, 0.15) is 12.5 Å². The summed E-state index contributed by atoms with van der Waals surface area (Å²) in [6.07, 6.45) is -11.3. The van der Waals surface area contributed by atoms with Gasteiger partial charge in [-0.1, -0.05) is 12.1 Å². The van der Waals surface area contributed by atoms with E-state index in [4.69, 9.17) is 11.0 Å². The third-order valence-electron chi connectivity index (χ3n) is 6.43. The first-order valence-corrected chi connectivity index (χ1v) is 12.0. The zero-order valence-corrected chi connectivity index (χ0v) is 20.4. The highest BCUT2D eigenvalue weighted by molar-refractivity contribution is 5.87. The van der Waals surface area contributed by atoms with Crippen molar-refractivity contribution in [2.45, 2.75) is 49.8 Å². The molecular weight excluding hydrogens is 539 g/mol. The number of pyridine rings is 1. The van der Waals surface area contributed by atoms with Crippen LogP contribution in [0, 0.1) is 11.6 Å². The predicted molar refractivity (Wildman–Crippen MR) is 133 cm³/mol. The number of likely N-dealkylation sites (tertiary alicyclic amines) is 2. The third kappa shape index (κ3) is 5.65. The number of benzene rings is 1. The standard InChI is InChI=1S/C26H27F5N6O3/c27-18-4-1-3-17(21(18)28)15-6-7-19(23(38)36(13-15)14-26(29,30)31)33-24(39)35-11-8-16(9-12-35)37-20-5-2-10-32-22(20)34-25(37)40/h1-5,10,15-16,19H,6-9,11-14H2,(H,33,39)(H,32,34,40)/t15-,19-/m1/s1/i8D2,9D2,13D2,14D2. The Morgan fingerprint density at radius 3 is 2.62 bits per heavy atom. The van der Waals surface area contributed by atoms with E-state index in [-0.39, 0.29) is 11.2 Å². The van der Waals surface area contributed by atoms with Gasteiger partial charge in [0.2, 0.25) is 5.91 Å². The van der Waals surface area contributed by atoms with Gasteiger partial charge in [-0.15, -0.1) is 0 Å². The smallest absolute Gasteiger partial charge is 0.331 e. The van der Waals surface area contributed by atoms with Crippen LogP contribution in [0.25, 0.3) is 11.2 Å².